The van der Waals surface area contributed by atoms with Crippen LogP contribution in [0.4, 0.5) is 14.5 Å². The Morgan fingerprint density at radius 1 is 1.23 bits per heavy atom. The van der Waals surface area contributed by atoms with Gasteiger partial charge in [-0.15, -0.1) is 11.8 Å². The summed E-state index contributed by atoms with van der Waals surface area (Å²) >= 11 is 1.28. The predicted molar refractivity (Wildman–Crippen MR) is 51.8 cm³/mol. The maximum atomic E-state index is 13.1. The van der Waals surface area contributed by atoms with Gasteiger partial charge in [-0.25, -0.2) is 8.78 Å². The summed E-state index contributed by atoms with van der Waals surface area (Å²) in [4.78, 5) is 0.307. The molecule has 1 aromatic rings. The fourth-order valence-corrected chi connectivity index (χ4v) is 1.74. The van der Waals surface area contributed by atoms with Crippen LogP contribution in [0.1, 0.15) is 13.8 Å². The molecule has 1 nitrogen and oxygen atoms in total. The van der Waals surface area contributed by atoms with Gasteiger partial charge in [0.1, 0.15) is 11.6 Å². The van der Waals surface area contributed by atoms with E-state index < -0.39 is 11.6 Å². The van der Waals surface area contributed by atoms with Gasteiger partial charge < -0.3 is 5.73 Å². The molecule has 0 saturated carbocycles. The van der Waals surface area contributed by atoms with E-state index in [4.69, 9.17) is 5.73 Å². The Morgan fingerprint density at radius 2 is 1.85 bits per heavy atom. The number of halogens is 2. The molecule has 0 heterocycles. The van der Waals surface area contributed by atoms with Gasteiger partial charge in [-0.2, -0.15) is 0 Å². The molecule has 1 aromatic carbocycles. The Balaban J connectivity index is 3.01. The van der Waals surface area contributed by atoms with Crippen LogP contribution in [0.25, 0.3) is 0 Å². The van der Waals surface area contributed by atoms with Crippen molar-refractivity contribution in [3.8, 4) is 0 Å². The largest absolute Gasteiger partial charge is 0.396 e. The zero-order chi connectivity index (χ0) is 10.0. The molecule has 0 aromatic heterocycles. The van der Waals surface area contributed by atoms with Crippen LogP contribution >= 0.6 is 11.8 Å². The first kappa shape index (κ1) is 10.3. The molecule has 0 saturated heterocycles. The second kappa shape index (κ2) is 3.96. The molecule has 0 atom stereocenters. The SMILES string of the molecule is CC(C)Sc1cc(F)c(N)cc1F. The summed E-state index contributed by atoms with van der Waals surface area (Å²) in [6.45, 7) is 3.83. The van der Waals surface area contributed by atoms with Crippen LogP contribution in [0.15, 0.2) is 17.0 Å². The van der Waals surface area contributed by atoms with Crippen LogP contribution in [0.3, 0.4) is 0 Å². The molecule has 0 spiro atoms. The van der Waals surface area contributed by atoms with Gasteiger partial charge >= 0.3 is 0 Å². The minimum absolute atomic E-state index is 0.148. The molecule has 4 heteroatoms. The van der Waals surface area contributed by atoms with Crippen molar-refractivity contribution >= 4 is 17.4 Å². The van der Waals surface area contributed by atoms with Crippen LogP contribution in [-0.2, 0) is 0 Å². The molecular formula is C9H11F2NS. The van der Waals surface area contributed by atoms with E-state index in [9.17, 15) is 8.78 Å². The van der Waals surface area contributed by atoms with E-state index in [2.05, 4.69) is 0 Å². The number of benzene rings is 1. The lowest BCUT2D eigenvalue weighted by atomic mass is 10.3. The lowest BCUT2D eigenvalue weighted by molar-refractivity contribution is 0.580. The lowest BCUT2D eigenvalue weighted by Crippen LogP contribution is -1.95. The normalized spacial score (nSPS) is 10.8. The van der Waals surface area contributed by atoms with Crippen LogP contribution < -0.4 is 5.73 Å². The zero-order valence-electron chi connectivity index (χ0n) is 7.47. The minimum atomic E-state index is -0.565. The fourth-order valence-electron chi connectivity index (χ4n) is 0.888. The number of thioether (sulfide) groups is 1. The second-order valence-corrected chi connectivity index (χ2v) is 4.59. The zero-order valence-corrected chi connectivity index (χ0v) is 8.29. The van der Waals surface area contributed by atoms with E-state index in [0.29, 0.717) is 4.90 Å². The van der Waals surface area contributed by atoms with E-state index in [0.717, 1.165) is 12.1 Å². The molecule has 0 aliphatic rings. The number of anilines is 1. The highest BCUT2D eigenvalue weighted by Gasteiger charge is 2.09. The quantitative estimate of drug-likeness (QED) is 0.590. The molecule has 0 aliphatic heterocycles. The number of hydrogen-bond donors (Lipinski definition) is 1. The number of nitrogen functional groups attached to an aromatic ring is 1. The van der Waals surface area contributed by atoms with Gasteiger partial charge in [0.15, 0.2) is 0 Å². The molecule has 0 aliphatic carbocycles. The third-order valence-electron chi connectivity index (χ3n) is 1.41. The third-order valence-corrected chi connectivity index (χ3v) is 2.45. The second-order valence-electron chi connectivity index (χ2n) is 2.97. The van der Waals surface area contributed by atoms with Gasteiger partial charge in [0.2, 0.25) is 0 Å². The van der Waals surface area contributed by atoms with Crippen molar-refractivity contribution in [3.05, 3.63) is 23.8 Å². The van der Waals surface area contributed by atoms with Gasteiger partial charge in [-0.1, -0.05) is 13.8 Å². The molecule has 0 unspecified atom stereocenters. The number of nitrogens with two attached hydrogens (primary N) is 1. The molecule has 0 fully saturated rings. The molecule has 0 radical (unpaired) electrons. The first-order valence-corrected chi connectivity index (χ1v) is 4.80. The first-order chi connectivity index (χ1) is 6.00. The van der Waals surface area contributed by atoms with Crippen molar-refractivity contribution in [3.63, 3.8) is 0 Å². The average Bonchev–Trinajstić information content (AvgIpc) is 1.99. The Labute approximate surface area is 80.3 Å². The van der Waals surface area contributed by atoms with Gasteiger partial charge in [0.25, 0.3) is 0 Å². The number of rotatable bonds is 2. The van der Waals surface area contributed by atoms with Crippen LogP contribution in [0.2, 0.25) is 0 Å². The molecule has 13 heavy (non-hydrogen) atoms. The maximum Gasteiger partial charge on any atom is 0.147 e. The number of hydrogen-bond acceptors (Lipinski definition) is 2. The van der Waals surface area contributed by atoms with E-state index >= 15 is 0 Å². The molecule has 0 bridgehead atoms. The minimum Gasteiger partial charge on any atom is -0.396 e. The summed E-state index contributed by atoms with van der Waals surface area (Å²) in [7, 11) is 0. The summed E-state index contributed by atoms with van der Waals surface area (Å²) < 4.78 is 26.0. The van der Waals surface area contributed by atoms with Crippen molar-refractivity contribution in [1.29, 1.82) is 0 Å². The van der Waals surface area contributed by atoms with Crippen molar-refractivity contribution in [2.45, 2.75) is 24.0 Å². The molecule has 2 N–H and O–H groups in total. The van der Waals surface area contributed by atoms with E-state index in [1.807, 2.05) is 13.8 Å². The summed E-state index contributed by atoms with van der Waals surface area (Å²) in [6, 6.07) is 2.15. The van der Waals surface area contributed by atoms with Crippen LogP contribution in [0.5, 0.6) is 0 Å². The standard InChI is InChI=1S/C9H11F2NS/c1-5(2)13-9-4-6(10)8(12)3-7(9)11/h3-5H,12H2,1-2H3. The summed E-state index contributed by atoms with van der Waals surface area (Å²) in [5.74, 6) is -1.03. The Bertz CT molecular complexity index is 313. The third kappa shape index (κ3) is 2.59. The average molecular weight is 203 g/mol. The maximum absolute atomic E-state index is 13.1. The van der Waals surface area contributed by atoms with Crippen molar-refractivity contribution < 1.29 is 8.78 Å². The lowest BCUT2D eigenvalue weighted by Gasteiger charge is -2.07. The Kier molecular flexibility index (Phi) is 3.14. The smallest absolute Gasteiger partial charge is 0.147 e. The topological polar surface area (TPSA) is 26.0 Å². The monoisotopic (exact) mass is 203 g/mol. The summed E-state index contributed by atoms with van der Waals surface area (Å²) in [5, 5.41) is 0.220. The molecule has 1 rings (SSSR count). The van der Waals surface area contributed by atoms with E-state index in [1.165, 1.54) is 11.8 Å². The van der Waals surface area contributed by atoms with Gasteiger partial charge in [0.05, 0.1) is 5.69 Å². The highest BCUT2D eigenvalue weighted by molar-refractivity contribution is 7.99. The summed E-state index contributed by atoms with van der Waals surface area (Å²) in [5.41, 5.74) is 5.05. The van der Waals surface area contributed by atoms with E-state index in [-0.39, 0.29) is 10.9 Å². The summed E-state index contributed by atoms with van der Waals surface area (Å²) in [6.07, 6.45) is 0. The highest BCUT2D eigenvalue weighted by atomic mass is 32.2. The molecule has 72 valence electrons. The van der Waals surface area contributed by atoms with Crippen molar-refractivity contribution in [1.82, 2.24) is 0 Å². The fraction of sp³-hybridized carbons (Fsp3) is 0.333. The van der Waals surface area contributed by atoms with Gasteiger partial charge in [-0.05, 0) is 6.07 Å². The molecule has 0 amide bonds. The van der Waals surface area contributed by atoms with Gasteiger partial charge in [-0.3, -0.25) is 0 Å². The molecular weight excluding hydrogens is 192 g/mol. The first-order valence-electron chi connectivity index (χ1n) is 3.92. The Hall–Kier alpha value is -0.770. The van der Waals surface area contributed by atoms with Crippen molar-refractivity contribution in [2.75, 3.05) is 5.73 Å². The van der Waals surface area contributed by atoms with E-state index in [1.54, 1.807) is 0 Å². The van der Waals surface area contributed by atoms with Gasteiger partial charge in [0, 0.05) is 16.2 Å². The van der Waals surface area contributed by atoms with Crippen LogP contribution in [0, 0.1) is 11.6 Å². The highest BCUT2D eigenvalue weighted by Crippen LogP contribution is 2.28. The Morgan fingerprint density at radius 3 is 2.38 bits per heavy atom. The van der Waals surface area contributed by atoms with Crippen molar-refractivity contribution in [2.24, 2.45) is 0 Å². The van der Waals surface area contributed by atoms with Crippen LogP contribution in [-0.4, -0.2) is 5.25 Å². The predicted octanol–water partition coefficient (Wildman–Crippen LogP) is 3.05.